The van der Waals surface area contributed by atoms with E-state index in [4.69, 9.17) is 21.6 Å². The van der Waals surface area contributed by atoms with Gasteiger partial charge >= 0.3 is 0 Å². The second-order valence-electron chi connectivity index (χ2n) is 6.73. The first kappa shape index (κ1) is 20.4. The van der Waals surface area contributed by atoms with Crippen molar-refractivity contribution in [1.82, 2.24) is 9.97 Å². The van der Waals surface area contributed by atoms with Gasteiger partial charge in [0, 0.05) is 21.7 Å². The molecule has 4 aromatic rings. The summed E-state index contributed by atoms with van der Waals surface area (Å²) in [4.78, 5) is 22.1. The maximum atomic E-state index is 12.5. The Hall–Kier alpha value is -2.89. The van der Waals surface area contributed by atoms with Crippen LogP contribution in [0, 0.1) is 0 Å². The van der Waals surface area contributed by atoms with Gasteiger partial charge in [0.2, 0.25) is 5.91 Å². The number of rotatable bonds is 6. The molecule has 1 amide bonds. The average molecular weight is 434 g/mol. The topological polar surface area (TPSA) is 54.9 Å². The first-order chi connectivity index (χ1) is 14.6. The van der Waals surface area contributed by atoms with Gasteiger partial charge in [0.15, 0.2) is 5.82 Å². The van der Waals surface area contributed by atoms with Crippen LogP contribution >= 0.6 is 23.4 Å². The number of nitrogens with zero attached hydrogens (tertiary/aromatic N) is 2. The van der Waals surface area contributed by atoms with Gasteiger partial charge in [0.05, 0.1) is 11.3 Å². The molecule has 4 nitrogen and oxygen atoms in total. The van der Waals surface area contributed by atoms with E-state index in [1.807, 2.05) is 48.5 Å². The van der Waals surface area contributed by atoms with Gasteiger partial charge in [-0.2, -0.15) is 0 Å². The first-order valence-electron chi connectivity index (χ1n) is 9.67. The highest BCUT2D eigenvalue weighted by Crippen LogP contribution is 2.30. The number of para-hydroxylation sites is 1. The van der Waals surface area contributed by atoms with E-state index >= 15 is 0 Å². The lowest BCUT2D eigenvalue weighted by molar-refractivity contribution is -0.113. The summed E-state index contributed by atoms with van der Waals surface area (Å²) in [5.41, 5.74) is 3.73. The average Bonchev–Trinajstić information content (AvgIpc) is 2.77. The van der Waals surface area contributed by atoms with Gasteiger partial charge < -0.3 is 5.32 Å². The molecule has 0 bridgehead atoms. The molecule has 0 fully saturated rings. The Kier molecular flexibility index (Phi) is 6.31. The third-order valence-electron chi connectivity index (χ3n) is 4.64. The molecular formula is C24H20ClN3OS. The number of aryl methyl sites for hydroxylation is 1. The summed E-state index contributed by atoms with van der Waals surface area (Å²) < 4.78 is 0. The third kappa shape index (κ3) is 4.64. The van der Waals surface area contributed by atoms with Crippen molar-refractivity contribution in [1.29, 1.82) is 0 Å². The summed E-state index contributed by atoms with van der Waals surface area (Å²) in [6.07, 6.45) is 0.877. The van der Waals surface area contributed by atoms with Crippen LogP contribution in [0.1, 0.15) is 12.5 Å². The van der Waals surface area contributed by atoms with Crippen LogP contribution in [-0.2, 0) is 11.2 Å². The summed E-state index contributed by atoms with van der Waals surface area (Å²) in [6, 6.07) is 23.1. The third-order valence-corrected chi connectivity index (χ3v) is 5.86. The lowest BCUT2D eigenvalue weighted by atomic mass is 10.1. The molecule has 0 aliphatic heterocycles. The monoisotopic (exact) mass is 433 g/mol. The summed E-state index contributed by atoms with van der Waals surface area (Å²) in [5.74, 6) is 0.798. The number of hydrogen-bond acceptors (Lipinski definition) is 4. The number of thioether (sulfide) groups is 1. The van der Waals surface area contributed by atoms with E-state index in [-0.39, 0.29) is 11.7 Å². The lowest BCUT2D eigenvalue weighted by Gasteiger charge is -2.11. The number of anilines is 1. The number of carbonyl (C=O) groups is 1. The van der Waals surface area contributed by atoms with E-state index in [2.05, 4.69) is 18.3 Å². The summed E-state index contributed by atoms with van der Waals surface area (Å²) >= 11 is 7.41. The molecule has 150 valence electrons. The normalized spacial score (nSPS) is 10.9. The minimum atomic E-state index is -0.109. The molecule has 0 aliphatic carbocycles. The fourth-order valence-corrected chi connectivity index (χ4v) is 4.19. The van der Waals surface area contributed by atoms with Gasteiger partial charge in [-0.3, -0.25) is 4.79 Å². The highest BCUT2D eigenvalue weighted by atomic mass is 35.5. The van der Waals surface area contributed by atoms with Crippen molar-refractivity contribution in [2.75, 3.05) is 11.1 Å². The van der Waals surface area contributed by atoms with Crippen LogP contribution < -0.4 is 5.32 Å². The Balaban J connectivity index is 1.64. The first-order valence-corrected chi connectivity index (χ1v) is 11.0. The molecule has 0 saturated heterocycles. The molecule has 6 heteroatoms. The van der Waals surface area contributed by atoms with E-state index in [0.29, 0.717) is 16.5 Å². The zero-order valence-electron chi connectivity index (χ0n) is 16.4. The van der Waals surface area contributed by atoms with E-state index < -0.39 is 0 Å². The van der Waals surface area contributed by atoms with Crippen LogP contribution in [0.4, 0.5) is 5.69 Å². The molecule has 1 N–H and O–H groups in total. The number of halogens is 1. The van der Waals surface area contributed by atoms with Gasteiger partial charge in [0.1, 0.15) is 5.03 Å². The Morgan fingerprint density at radius 1 is 1.00 bits per heavy atom. The molecule has 4 rings (SSSR count). The molecule has 1 heterocycles. The molecule has 0 atom stereocenters. The van der Waals surface area contributed by atoms with Gasteiger partial charge in [-0.25, -0.2) is 9.97 Å². The van der Waals surface area contributed by atoms with E-state index in [9.17, 15) is 4.79 Å². The van der Waals surface area contributed by atoms with Crippen molar-refractivity contribution >= 4 is 45.9 Å². The maximum absolute atomic E-state index is 12.5. The standard InChI is InChI=1S/C24H20ClN3OS/c1-2-16-10-6-13-20-22(16)27-23(17-8-4-3-5-9-17)28-24(20)30-15-21(29)26-19-12-7-11-18(25)14-19/h3-14H,2,15H2,1H3,(H,26,29). The van der Waals surface area contributed by atoms with Gasteiger partial charge in [-0.05, 0) is 30.2 Å². The molecule has 0 aliphatic rings. The van der Waals surface area contributed by atoms with E-state index in [1.165, 1.54) is 11.8 Å². The zero-order chi connectivity index (χ0) is 20.9. The Morgan fingerprint density at radius 3 is 2.57 bits per heavy atom. The minimum absolute atomic E-state index is 0.109. The summed E-state index contributed by atoms with van der Waals surface area (Å²) in [5, 5.41) is 5.24. The molecule has 30 heavy (non-hydrogen) atoms. The van der Waals surface area contributed by atoms with Crippen molar-refractivity contribution < 1.29 is 4.79 Å². The SMILES string of the molecule is CCc1cccc2c(SCC(=O)Nc3cccc(Cl)c3)nc(-c3ccccc3)nc12. The highest BCUT2D eigenvalue weighted by Gasteiger charge is 2.14. The van der Waals surface area contributed by atoms with Gasteiger partial charge in [0.25, 0.3) is 0 Å². The van der Waals surface area contributed by atoms with Crippen LogP contribution in [-0.4, -0.2) is 21.6 Å². The number of fused-ring (bicyclic) bond motifs is 1. The Labute approximate surface area is 184 Å². The second kappa shape index (κ2) is 9.28. The Bertz CT molecular complexity index is 1200. The maximum Gasteiger partial charge on any atom is 0.234 e. The quantitative estimate of drug-likeness (QED) is 0.288. The molecule has 0 unspecified atom stereocenters. The molecule has 0 spiro atoms. The van der Waals surface area contributed by atoms with Crippen molar-refractivity contribution in [3.63, 3.8) is 0 Å². The number of benzene rings is 3. The van der Waals surface area contributed by atoms with E-state index in [0.717, 1.165) is 33.5 Å². The zero-order valence-corrected chi connectivity index (χ0v) is 18.0. The number of amides is 1. The van der Waals surface area contributed by atoms with Crippen molar-refractivity contribution in [2.45, 2.75) is 18.4 Å². The molecule has 0 saturated carbocycles. The van der Waals surface area contributed by atoms with Crippen LogP contribution in [0.2, 0.25) is 5.02 Å². The predicted octanol–water partition coefficient (Wildman–Crippen LogP) is 6.24. The van der Waals surface area contributed by atoms with Crippen LogP contribution in [0.15, 0.2) is 77.8 Å². The fourth-order valence-electron chi connectivity index (χ4n) is 3.19. The smallest absolute Gasteiger partial charge is 0.234 e. The summed E-state index contributed by atoms with van der Waals surface area (Å²) in [7, 11) is 0. The highest BCUT2D eigenvalue weighted by molar-refractivity contribution is 8.00. The van der Waals surface area contributed by atoms with Crippen LogP contribution in [0.5, 0.6) is 0 Å². The predicted molar refractivity (Wildman–Crippen MR) is 125 cm³/mol. The van der Waals surface area contributed by atoms with Gasteiger partial charge in [-0.1, -0.05) is 84.9 Å². The van der Waals surface area contributed by atoms with Gasteiger partial charge in [-0.15, -0.1) is 0 Å². The second-order valence-corrected chi connectivity index (χ2v) is 8.13. The van der Waals surface area contributed by atoms with Crippen molar-refractivity contribution in [3.8, 4) is 11.4 Å². The largest absolute Gasteiger partial charge is 0.325 e. The lowest BCUT2D eigenvalue weighted by Crippen LogP contribution is -2.14. The van der Waals surface area contributed by atoms with E-state index in [1.54, 1.807) is 18.2 Å². The molecule has 1 aromatic heterocycles. The summed E-state index contributed by atoms with van der Waals surface area (Å²) in [6.45, 7) is 2.12. The molecular weight excluding hydrogens is 414 g/mol. The number of hydrogen-bond donors (Lipinski definition) is 1. The van der Waals surface area contributed by atoms with Crippen molar-refractivity contribution in [2.24, 2.45) is 0 Å². The molecule has 0 radical (unpaired) electrons. The number of nitrogens with one attached hydrogen (secondary N) is 1. The number of aromatic nitrogens is 2. The number of carbonyl (C=O) groups excluding carboxylic acids is 1. The van der Waals surface area contributed by atoms with Crippen LogP contribution in [0.25, 0.3) is 22.3 Å². The van der Waals surface area contributed by atoms with Crippen molar-refractivity contribution in [3.05, 3.63) is 83.4 Å². The Morgan fingerprint density at radius 2 is 1.80 bits per heavy atom. The minimum Gasteiger partial charge on any atom is -0.325 e. The molecule has 3 aromatic carbocycles. The van der Waals surface area contributed by atoms with Crippen LogP contribution in [0.3, 0.4) is 0 Å². The fraction of sp³-hybridized carbons (Fsp3) is 0.125.